The number of nitrogens with two attached hydrogens (primary N) is 1. The van der Waals surface area contributed by atoms with Gasteiger partial charge in [-0.15, -0.1) is 0 Å². The molecule has 0 saturated carbocycles. The Morgan fingerprint density at radius 2 is 2.35 bits per heavy atom. The molecule has 17 heavy (non-hydrogen) atoms. The zero-order chi connectivity index (χ0) is 12.3. The molecule has 2 aromatic heterocycles. The SMILES string of the molecule is NC(CC(=O)O)c1ccc(-n2cncn2)nc1. The highest BCUT2D eigenvalue weighted by molar-refractivity contribution is 5.67. The first kappa shape index (κ1) is 11.2. The van der Waals surface area contributed by atoms with E-state index < -0.39 is 12.0 Å². The fourth-order valence-corrected chi connectivity index (χ4v) is 1.38. The lowest BCUT2D eigenvalue weighted by molar-refractivity contribution is -0.137. The molecule has 0 aromatic carbocycles. The number of hydrogen-bond acceptors (Lipinski definition) is 5. The van der Waals surface area contributed by atoms with Gasteiger partial charge in [0, 0.05) is 12.2 Å². The van der Waals surface area contributed by atoms with Crippen molar-refractivity contribution in [1.29, 1.82) is 0 Å². The van der Waals surface area contributed by atoms with Crippen LogP contribution in [0.1, 0.15) is 18.0 Å². The zero-order valence-corrected chi connectivity index (χ0v) is 8.89. The second-order valence-corrected chi connectivity index (χ2v) is 3.49. The summed E-state index contributed by atoms with van der Waals surface area (Å²) in [6.45, 7) is 0. The first-order chi connectivity index (χ1) is 8.16. The van der Waals surface area contributed by atoms with Crippen LogP contribution < -0.4 is 5.73 Å². The molecule has 1 unspecified atom stereocenters. The van der Waals surface area contributed by atoms with Gasteiger partial charge in [-0.2, -0.15) is 5.10 Å². The van der Waals surface area contributed by atoms with E-state index in [2.05, 4.69) is 15.1 Å². The normalized spacial score (nSPS) is 12.3. The number of carboxylic acids is 1. The average molecular weight is 233 g/mol. The van der Waals surface area contributed by atoms with Crippen LogP contribution in [0.25, 0.3) is 5.82 Å². The molecule has 0 amide bonds. The maximum absolute atomic E-state index is 10.5. The molecule has 0 aliphatic carbocycles. The second-order valence-electron chi connectivity index (χ2n) is 3.49. The van der Waals surface area contributed by atoms with E-state index in [1.165, 1.54) is 17.3 Å². The molecule has 88 valence electrons. The van der Waals surface area contributed by atoms with E-state index in [9.17, 15) is 4.79 Å². The molecule has 2 heterocycles. The monoisotopic (exact) mass is 233 g/mol. The van der Waals surface area contributed by atoms with Gasteiger partial charge >= 0.3 is 5.97 Å². The van der Waals surface area contributed by atoms with Crippen molar-refractivity contribution in [3.8, 4) is 5.82 Å². The Labute approximate surface area is 96.9 Å². The summed E-state index contributed by atoms with van der Waals surface area (Å²) in [4.78, 5) is 18.5. The van der Waals surface area contributed by atoms with Crippen molar-refractivity contribution < 1.29 is 9.90 Å². The third-order valence-corrected chi connectivity index (χ3v) is 2.25. The quantitative estimate of drug-likeness (QED) is 0.777. The predicted octanol–water partition coefficient (Wildman–Crippen LogP) is 0.137. The number of pyridine rings is 1. The third-order valence-electron chi connectivity index (χ3n) is 2.25. The fourth-order valence-electron chi connectivity index (χ4n) is 1.38. The van der Waals surface area contributed by atoms with E-state index in [1.54, 1.807) is 18.3 Å². The number of aliphatic carboxylic acids is 1. The summed E-state index contributed by atoms with van der Waals surface area (Å²) in [5.74, 6) is -0.327. The van der Waals surface area contributed by atoms with Gasteiger partial charge in [0.25, 0.3) is 0 Å². The smallest absolute Gasteiger partial charge is 0.305 e. The van der Waals surface area contributed by atoms with Crippen molar-refractivity contribution in [2.75, 3.05) is 0 Å². The minimum absolute atomic E-state index is 0.121. The van der Waals surface area contributed by atoms with Crippen molar-refractivity contribution in [3.05, 3.63) is 36.5 Å². The lowest BCUT2D eigenvalue weighted by Gasteiger charge is -2.09. The molecule has 7 nitrogen and oxygen atoms in total. The molecule has 0 aliphatic rings. The van der Waals surface area contributed by atoms with Crippen molar-refractivity contribution in [3.63, 3.8) is 0 Å². The van der Waals surface area contributed by atoms with Crippen molar-refractivity contribution in [2.45, 2.75) is 12.5 Å². The molecule has 7 heteroatoms. The van der Waals surface area contributed by atoms with Gasteiger partial charge in [-0.3, -0.25) is 4.79 Å². The minimum Gasteiger partial charge on any atom is -0.481 e. The molecule has 0 fully saturated rings. The molecule has 2 aromatic rings. The van der Waals surface area contributed by atoms with Gasteiger partial charge in [-0.25, -0.2) is 14.6 Å². The van der Waals surface area contributed by atoms with Gasteiger partial charge in [0.1, 0.15) is 12.7 Å². The fraction of sp³-hybridized carbons (Fsp3) is 0.200. The van der Waals surface area contributed by atoms with Crippen LogP contribution in [0.5, 0.6) is 0 Å². The third kappa shape index (κ3) is 2.64. The number of carbonyl (C=O) groups is 1. The van der Waals surface area contributed by atoms with E-state index in [0.29, 0.717) is 11.4 Å². The number of aromatic nitrogens is 4. The summed E-state index contributed by atoms with van der Waals surface area (Å²) in [6, 6.07) is 2.90. The van der Waals surface area contributed by atoms with Gasteiger partial charge < -0.3 is 10.8 Å². The van der Waals surface area contributed by atoms with Crippen molar-refractivity contribution >= 4 is 5.97 Å². The summed E-state index contributed by atoms with van der Waals surface area (Å²) in [5, 5.41) is 12.6. The topological polar surface area (TPSA) is 107 Å². The highest BCUT2D eigenvalue weighted by Gasteiger charge is 2.11. The van der Waals surface area contributed by atoms with Crippen molar-refractivity contribution in [2.24, 2.45) is 5.73 Å². The highest BCUT2D eigenvalue weighted by atomic mass is 16.4. The number of rotatable bonds is 4. The first-order valence-corrected chi connectivity index (χ1v) is 4.95. The molecular weight excluding hydrogens is 222 g/mol. The number of nitrogens with zero attached hydrogens (tertiary/aromatic N) is 4. The molecule has 0 radical (unpaired) electrons. The summed E-state index contributed by atoms with van der Waals surface area (Å²) >= 11 is 0. The van der Waals surface area contributed by atoms with Gasteiger partial charge in [0.2, 0.25) is 0 Å². The highest BCUT2D eigenvalue weighted by Crippen LogP contribution is 2.13. The van der Waals surface area contributed by atoms with E-state index in [1.807, 2.05) is 0 Å². The maximum Gasteiger partial charge on any atom is 0.305 e. The Balaban J connectivity index is 2.15. The van der Waals surface area contributed by atoms with E-state index in [0.717, 1.165) is 0 Å². The summed E-state index contributed by atoms with van der Waals surface area (Å²) in [5.41, 5.74) is 6.39. The van der Waals surface area contributed by atoms with Gasteiger partial charge in [-0.1, -0.05) is 6.07 Å². The van der Waals surface area contributed by atoms with Crippen LogP contribution in [0.2, 0.25) is 0 Å². The van der Waals surface area contributed by atoms with Crippen LogP contribution in [-0.2, 0) is 4.79 Å². The van der Waals surface area contributed by atoms with Crippen LogP contribution in [0, 0.1) is 0 Å². The van der Waals surface area contributed by atoms with Crippen LogP contribution in [0.4, 0.5) is 0 Å². The van der Waals surface area contributed by atoms with Crippen LogP contribution in [-0.4, -0.2) is 30.8 Å². The van der Waals surface area contributed by atoms with Crippen LogP contribution in [0.15, 0.2) is 31.0 Å². The van der Waals surface area contributed by atoms with Crippen LogP contribution in [0.3, 0.4) is 0 Å². The first-order valence-electron chi connectivity index (χ1n) is 4.95. The average Bonchev–Trinajstić information content (AvgIpc) is 2.82. The Hall–Kier alpha value is -2.28. The molecule has 0 spiro atoms. The second kappa shape index (κ2) is 4.71. The predicted molar refractivity (Wildman–Crippen MR) is 58.3 cm³/mol. The summed E-state index contributed by atoms with van der Waals surface area (Å²) < 4.78 is 1.51. The lowest BCUT2D eigenvalue weighted by Crippen LogP contribution is -2.15. The van der Waals surface area contributed by atoms with E-state index in [-0.39, 0.29) is 6.42 Å². The minimum atomic E-state index is -0.933. The summed E-state index contributed by atoms with van der Waals surface area (Å²) in [6.07, 6.45) is 4.36. The van der Waals surface area contributed by atoms with Gasteiger partial charge in [-0.05, 0) is 11.6 Å². The largest absolute Gasteiger partial charge is 0.481 e. The molecule has 0 saturated heterocycles. The van der Waals surface area contributed by atoms with E-state index >= 15 is 0 Å². The van der Waals surface area contributed by atoms with Crippen LogP contribution >= 0.6 is 0 Å². The number of carboxylic acid groups (broad SMARTS) is 1. The molecule has 1 atom stereocenters. The standard InChI is InChI=1S/C10H11N5O2/c11-8(3-10(16)17)7-1-2-9(13-4-7)15-6-12-5-14-15/h1-2,4-6,8H,3,11H2,(H,16,17). The van der Waals surface area contributed by atoms with Gasteiger partial charge in [0.05, 0.1) is 6.42 Å². The molecule has 2 rings (SSSR count). The molecule has 3 N–H and O–H groups in total. The maximum atomic E-state index is 10.5. The van der Waals surface area contributed by atoms with E-state index in [4.69, 9.17) is 10.8 Å². The number of hydrogen-bond donors (Lipinski definition) is 2. The van der Waals surface area contributed by atoms with Gasteiger partial charge in [0.15, 0.2) is 5.82 Å². The Morgan fingerprint density at radius 1 is 1.53 bits per heavy atom. The van der Waals surface area contributed by atoms with Crippen molar-refractivity contribution in [1.82, 2.24) is 19.7 Å². The summed E-state index contributed by atoms with van der Waals surface area (Å²) in [7, 11) is 0. The Kier molecular flexibility index (Phi) is 3.10. The molecular formula is C10H11N5O2. The lowest BCUT2D eigenvalue weighted by atomic mass is 10.1. The zero-order valence-electron chi connectivity index (χ0n) is 8.89. The Bertz CT molecular complexity index is 494. The molecule has 0 aliphatic heterocycles. The molecule has 0 bridgehead atoms. The Morgan fingerprint density at radius 3 is 2.88 bits per heavy atom.